The number of non-ortho nitro benzene ring substituents is 1. The van der Waals surface area contributed by atoms with Gasteiger partial charge in [0.15, 0.2) is 5.82 Å². The zero-order chi connectivity index (χ0) is 28.2. The maximum atomic E-state index is 11.3. The van der Waals surface area contributed by atoms with E-state index in [0.29, 0.717) is 33.3 Å². The number of nitro benzene ring substituents is 1. The minimum atomic E-state index is -0.447. The van der Waals surface area contributed by atoms with Gasteiger partial charge in [-0.2, -0.15) is 5.26 Å². The van der Waals surface area contributed by atoms with Crippen molar-refractivity contribution in [3.05, 3.63) is 129 Å². The second-order valence-corrected chi connectivity index (χ2v) is 9.49. The molecule has 0 aliphatic heterocycles. The first-order chi connectivity index (χ1) is 19.4. The number of aliphatic imine (C=N–C) groups is 1. The Kier molecular flexibility index (Phi) is 7.45. The molecule has 8 heteroatoms. The molecule has 0 aliphatic carbocycles. The standard InChI is InChI=1S/C32H23ClN4O3/c1-21-6-12-26(13-7-21)36-31(24-10-16-28(40-2)17-11-24)30(23-8-14-27(15-9-23)37(38)39)29(19-34)32(36)35-20-22-4-3-5-25(33)18-22/h3-18,20H,1-2H3/b35-20+. The van der Waals surface area contributed by atoms with Gasteiger partial charge in [0.05, 0.1) is 17.7 Å². The Hall–Kier alpha value is -5.19. The molecule has 5 aromatic rings. The summed E-state index contributed by atoms with van der Waals surface area (Å²) in [5, 5.41) is 22.4. The fraction of sp³-hybridized carbons (Fsp3) is 0.0625. The summed E-state index contributed by atoms with van der Waals surface area (Å²) in [4.78, 5) is 15.7. The number of aryl methyl sites for hydroxylation is 1. The van der Waals surface area contributed by atoms with Crippen molar-refractivity contribution in [2.45, 2.75) is 6.92 Å². The molecule has 0 aliphatic rings. The lowest BCUT2D eigenvalue weighted by atomic mass is 9.97. The van der Waals surface area contributed by atoms with E-state index >= 15 is 0 Å². The number of nitriles is 1. The Balaban J connectivity index is 1.86. The fourth-order valence-corrected chi connectivity index (χ4v) is 4.71. The summed E-state index contributed by atoms with van der Waals surface area (Å²) in [7, 11) is 1.60. The lowest BCUT2D eigenvalue weighted by molar-refractivity contribution is -0.384. The second-order valence-electron chi connectivity index (χ2n) is 9.05. The van der Waals surface area contributed by atoms with Gasteiger partial charge >= 0.3 is 0 Å². The van der Waals surface area contributed by atoms with Crippen molar-refractivity contribution in [3.8, 4) is 39.9 Å². The molecule has 0 amide bonds. The van der Waals surface area contributed by atoms with Crippen molar-refractivity contribution in [3.63, 3.8) is 0 Å². The molecule has 0 atom stereocenters. The summed E-state index contributed by atoms with van der Waals surface area (Å²) in [6.45, 7) is 2.01. The summed E-state index contributed by atoms with van der Waals surface area (Å²) in [6, 6.07) is 31.3. The molecule has 4 aromatic carbocycles. The molecule has 0 spiro atoms. The number of benzene rings is 4. The van der Waals surface area contributed by atoms with Gasteiger partial charge in [0.2, 0.25) is 0 Å². The number of aromatic nitrogens is 1. The van der Waals surface area contributed by atoms with E-state index in [-0.39, 0.29) is 5.69 Å². The highest BCUT2D eigenvalue weighted by atomic mass is 35.5. The van der Waals surface area contributed by atoms with Crippen molar-refractivity contribution in [2.75, 3.05) is 7.11 Å². The van der Waals surface area contributed by atoms with Gasteiger partial charge in [0.25, 0.3) is 5.69 Å². The zero-order valence-electron chi connectivity index (χ0n) is 21.7. The van der Waals surface area contributed by atoms with Crippen LogP contribution in [0.25, 0.3) is 28.1 Å². The van der Waals surface area contributed by atoms with Gasteiger partial charge in [-0.3, -0.25) is 14.7 Å². The van der Waals surface area contributed by atoms with Crippen molar-refractivity contribution in [2.24, 2.45) is 4.99 Å². The molecule has 196 valence electrons. The molecule has 40 heavy (non-hydrogen) atoms. The Morgan fingerprint density at radius 3 is 2.25 bits per heavy atom. The predicted octanol–water partition coefficient (Wildman–Crippen LogP) is 8.31. The summed E-state index contributed by atoms with van der Waals surface area (Å²) in [5.74, 6) is 1.11. The van der Waals surface area contributed by atoms with Crippen LogP contribution in [0.1, 0.15) is 16.7 Å². The van der Waals surface area contributed by atoms with Crippen LogP contribution in [-0.4, -0.2) is 22.8 Å². The molecule has 1 aromatic heterocycles. The van der Waals surface area contributed by atoms with Gasteiger partial charge in [0.1, 0.15) is 17.4 Å². The van der Waals surface area contributed by atoms with Crippen LogP contribution in [0.4, 0.5) is 11.5 Å². The third kappa shape index (κ3) is 5.21. The number of nitrogens with zero attached hydrogens (tertiary/aromatic N) is 4. The normalized spacial score (nSPS) is 10.9. The third-order valence-electron chi connectivity index (χ3n) is 6.46. The molecule has 0 saturated carbocycles. The molecule has 5 rings (SSSR count). The highest BCUT2D eigenvalue weighted by Crippen LogP contribution is 2.45. The van der Waals surface area contributed by atoms with Gasteiger partial charge in [-0.05, 0) is 84.3 Å². The quantitative estimate of drug-likeness (QED) is 0.116. The number of methoxy groups -OCH3 is 1. The van der Waals surface area contributed by atoms with E-state index in [1.807, 2.05) is 72.2 Å². The summed E-state index contributed by atoms with van der Waals surface area (Å²) < 4.78 is 7.32. The second kappa shape index (κ2) is 11.3. The lowest BCUT2D eigenvalue weighted by Crippen LogP contribution is -1.98. The largest absolute Gasteiger partial charge is 0.497 e. The molecular weight excluding hydrogens is 524 g/mol. The monoisotopic (exact) mass is 546 g/mol. The summed E-state index contributed by atoms with van der Waals surface area (Å²) in [6.07, 6.45) is 1.67. The highest BCUT2D eigenvalue weighted by Gasteiger charge is 2.26. The summed E-state index contributed by atoms with van der Waals surface area (Å²) in [5.41, 5.74) is 5.76. The van der Waals surface area contributed by atoms with Gasteiger partial charge in [-0.1, -0.05) is 41.4 Å². The molecule has 0 bridgehead atoms. The summed E-state index contributed by atoms with van der Waals surface area (Å²) >= 11 is 6.20. The minimum Gasteiger partial charge on any atom is -0.497 e. The predicted molar refractivity (Wildman–Crippen MR) is 158 cm³/mol. The molecule has 0 fully saturated rings. The van der Waals surface area contributed by atoms with Crippen molar-refractivity contribution in [1.29, 1.82) is 5.26 Å². The Bertz CT molecular complexity index is 1770. The van der Waals surface area contributed by atoms with E-state index in [9.17, 15) is 15.4 Å². The molecule has 0 unspecified atom stereocenters. The first kappa shape index (κ1) is 26.4. The maximum Gasteiger partial charge on any atom is 0.269 e. The van der Waals surface area contributed by atoms with Crippen molar-refractivity contribution in [1.82, 2.24) is 4.57 Å². The molecule has 1 heterocycles. The molecule has 7 nitrogen and oxygen atoms in total. The van der Waals surface area contributed by atoms with Crippen molar-refractivity contribution >= 4 is 29.3 Å². The third-order valence-corrected chi connectivity index (χ3v) is 6.70. The fourth-order valence-electron chi connectivity index (χ4n) is 4.51. The van der Waals surface area contributed by atoms with Crippen LogP contribution in [0, 0.1) is 28.4 Å². The van der Waals surface area contributed by atoms with Crippen LogP contribution in [0.5, 0.6) is 5.75 Å². The highest BCUT2D eigenvalue weighted by molar-refractivity contribution is 6.30. The van der Waals surface area contributed by atoms with E-state index in [0.717, 1.165) is 28.1 Å². The number of rotatable bonds is 7. The van der Waals surface area contributed by atoms with Gasteiger partial charge in [0, 0.05) is 34.6 Å². The number of halogens is 1. The number of hydrogen-bond donors (Lipinski definition) is 0. The smallest absolute Gasteiger partial charge is 0.269 e. The first-order valence-corrected chi connectivity index (χ1v) is 12.7. The molecule has 0 N–H and O–H groups in total. The van der Waals surface area contributed by atoms with E-state index in [1.165, 1.54) is 12.1 Å². The maximum absolute atomic E-state index is 11.3. The van der Waals surface area contributed by atoms with Crippen LogP contribution in [0.15, 0.2) is 102 Å². The Labute approximate surface area is 236 Å². The van der Waals surface area contributed by atoms with E-state index < -0.39 is 4.92 Å². The van der Waals surface area contributed by atoms with E-state index in [4.69, 9.17) is 21.3 Å². The molecule has 0 radical (unpaired) electrons. The van der Waals surface area contributed by atoms with Crippen LogP contribution in [0.2, 0.25) is 5.02 Å². The Morgan fingerprint density at radius 2 is 1.65 bits per heavy atom. The van der Waals surface area contributed by atoms with Crippen molar-refractivity contribution < 1.29 is 9.66 Å². The number of nitro groups is 1. The van der Waals surface area contributed by atoms with Crippen LogP contribution in [-0.2, 0) is 0 Å². The first-order valence-electron chi connectivity index (χ1n) is 12.3. The van der Waals surface area contributed by atoms with Crippen LogP contribution < -0.4 is 4.74 Å². The Morgan fingerprint density at radius 1 is 0.975 bits per heavy atom. The van der Waals surface area contributed by atoms with Crippen LogP contribution >= 0.6 is 11.6 Å². The van der Waals surface area contributed by atoms with Gasteiger partial charge in [-0.15, -0.1) is 0 Å². The van der Waals surface area contributed by atoms with Gasteiger partial charge < -0.3 is 4.74 Å². The molecule has 0 saturated heterocycles. The minimum absolute atomic E-state index is 0.0366. The molecular formula is C32H23ClN4O3. The van der Waals surface area contributed by atoms with E-state index in [2.05, 4.69) is 6.07 Å². The topological polar surface area (TPSA) is 93.4 Å². The lowest BCUT2D eigenvalue weighted by Gasteiger charge is -2.14. The average molecular weight is 547 g/mol. The SMILES string of the molecule is COc1ccc(-c2c(-c3ccc([N+](=O)[O-])cc3)c(C#N)c(/N=C/c3cccc(Cl)c3)n2-c2ccc(C)cc2)cc1. The van der Waals surface area contributed by atoms with E-state index in [1.54, 1.807) is 37.6 Å². The van der Waals surface area contributed by atoms with Gasteiger partial charge in [-0.25, -0.2) is 4.99 Å². The number of ether oxygens (including phenoxy) is 1. The average Bonchev–Trinajstić information content (AvgIpc) is 3.30. The van der Waals surface area contributed by atoms with Crippen LogP contribution in [0.3, 0.4) is 0 Å². The zero-order valence-corrected chi connectivity index (χ0v) is 22.5. The number of hydrogen-bond acceptors (Lipinski definition) is 5.